The number of rotatable bonds is 5. The Morgan fingerprint density at radius 2 is 1.94 bits per heavy atom. The van der Waals surface area contributed by atoms with Crippen LogP contribution in [0, 0.1) is 5.92 Å². The lowest BCUT2D eigenvalue weighted by Gasteiger charge is -2.26. The number of Topliss-reactive ketones (excluding diaryl/α,β-unsaturated/α-hetero) is 1. The van der Waals surface area contributed by atoms with Gasteiger partial charge < -0.3 is 10.5 Å². The summed E-state index contributed by atoms with van der Waals surface area (Å²) in [6.07, 6.45) is 3.32. The third kappa shape index (κ3) is 3.29. The van der Waals surface area contributed by atoms with Crippen molar-refractivity contribution in [1.82, 2.24) is 0 Å². The average Bonchev–Trinajstić information content (AvgIpc) is 2.34. The SMILES string of the molecule is CC1(C)CC(C(=O)CCCCN)C(C)(C)O1. The summed E-state index contributed by atoms with van der Waals surface area (Å²) in [4.78, 5) is 12.1. The molecule has 0 spiro atoms. The smallest absolute Gasteiger partial charge is 0.138 e. The van der Waals surface area contributed by atoms with E-state index in [0.29, 0.717) is 18.7 Å². The van der Waals surface area contributed by atoms with Crippen molar-refractivity contribution in [3.05, 3.63) is 0 Å². The molecule has 0 aromatic heterocycles. The highest BCUT2D eigenvalue weighted by Crippen LogP contribution is 2.42. The lowest BCUT2D eigenvalue weighted by molar-refractivity contribution is -0.129. The standard InChI is InChI=1S/C13H25NO2/c1-12(2)9-10(13(3,4)16-12)11(15)7-5-6-8-14/h10H,5-9,14H2,1-4H3. The Balaban J connectivity index is 2.56. The molecule has 3 heteroatoms. The molecule has 3 nitrogen and oxygen atoms in total. The molecule has 1 aliphatic heterocycles. The van der Waals surface area contributed by atoms with Crippen LogP contribution in [0.3, 0.4) is 0 Å². The van der Waals surface area contributed by atoms with Crippen molar-refractivity contribution in [3.63, 3.8) is 0 Å². The van der Waals surface area contributed by atoms with E-state index >= 15 is 0 Å². The second kappa shape index (κ2) is 4.84. The van der Waals surface area contributed by atoms with Crippen LogP contribution in [0.15, 0.2) is 0 Å². The summed E-state index contributed by atoms with van der Waals surface area (Å²) < 4.78 is 5.93. The molecule has 0 radical (unpaired) electrons. The number of carbonyl (C=O) groups excluding carboxylic acids is 1. The maximum absolute atomic E-state index is 12.1. The molecule has 0 amide bonds. The van der Waals surface area contributed by atoms with Crippen molar-refractivity contribution in [1.29, 1.82) is 0 Å². The molecule has 1 unspecified atom stereocenters. The second-order valence-corrected chi connectivity index (χ2v) is 5.93. The molecule has 16 heavy (non-hydrogen) atoms. The first kappa shape index (κ1) is 13.7. The minimum absolute atomic E-state index is 0.0419. The van der Waals surface area contributed by atoms with Crippen molar-refractivity contribution in [3.8, 4) is 0 Å². The van der Waals surface area contributed by atoms with Gasteiger partial charge in [-0.3, -0.25) is 4.79 Å². The number of ether oxygens (including phenoxy) is 1. The summed E-state index contributed by atoms with van der Waals surface area (Å²) in [5, 5.41) is 0. The lowest BCUT2D eigenvalue weighted by atomic mass is 9.82. The van der Waals surface area contributed by atoms with Crippen molar-refractivity contribution < 1.29 is 9.53 Å². The van der Waals surface area contributed by atoms with Crippen LogP contribution in [0.5, 0.6) is 0 Å². The zero-order valence-electron chi connectivity index (χ0n) is 11.0. The molecule has 1 atom stereocenters. The number of carbonyl (C=O) groups is 1. The van der Waals surface area contributed by atoms with Gasteiger partial charge in [-0.2, -0.15) is 0 Å². The van der Waals surface area contributed by atoms with Crippen LogP contribution >= 0.6 is 0 Å². The van der Waals surface area contributed by atoms with Gasteiger partial charge in [-0.25, -0.2) is 0 Å². The summed E-state index contributed by atoms with van der Waals surface area (Å²) >= 11 is 0. The quantitative estimate of drug-likeness (QED) is 0.733. The van der Waals surface area contributed by atoms with E-state index < -0.39 is 0 Å². The molecule has 2 N–H and O–H groups in total. The summed E-state index contributed by atoms with van der Waals surface area (Å²) in [5.74, 6) is 0.379. The van der Waals surface area contributed by atoms with Gasteiger partial charge in [0.1, 0.15) is 5.78 Å². The largest absolute Gasteiger partial charge is 0.369 e. The van der Waals surface area contributed by atoms with E-state index in [2.05, 4.69) is 13.8 Å². The van der Waals surface area contributed by atoms with Crippen LogP contribution in [-0.4, -0.2) is 23.5 Å². The second-order valence-electron chi connectivity index (χ2n) is 5.93. The topological polar surface area (TPSA) is 52.3 Å². The molecule has 1 rings (SSSR count). The Morgan fingerprint density at radius 3 is 2.38 bits per heavy atom. The maximum atomic E-state index is 12.1. The van der Waals surface area contributed by atoms with E-state index in [0.717, 1.165) is 19.3 Å². The summed E-state index contributed by atoms with van der Waals surface area (Å²) in [5.41, 5.74) is 4.94. The van der Waals surface area contributed by atoms with E-state index in [1.807, 2.05) is 13.8 Å². The number of ketones is 1. The Labute approximate surface area is 98.7 Å². The molecular weight excluding hydrogens is 202 g/mol. The molecule has 0 aliphatic carbocycles. The van der Waals surface area contributed by atoms with Crippen molar-refractivity contribution >= 4 is 5.78 Å². The van der Waals surface area contributed by atoms with Gasteiger partial charge in [0, 0.05) is 12.3 Å². The van der Waals surface area contributed by atoms with Crippen molar-refractivity contribution in [2.75, 3.05) is 6.54 Å². The van der Waals surface area contributed by atoms with Gasteiger partial charge in [-0.15, -0.1) is 0 Å². The molecule has 1 fully saturated rings. The Hall–Kier alpha value is -0.410. The number of hydrogen-bond acceptors (Lipinski definition) is 3. The van der Waals surface area contributed by atoms with Gasteiger partial charge in [0.25, 0.3) is 0 Å². The predicted molar refractivity (Wildman–Crippen MR) is 65.3 cm³/mol. The maximum Gasteiger partial charge on any atom is 0.138 e. The number of hydrogen-bond donors (Lipinski definition) is 1. The lowest BCUT2D eigenvalue weighted by Crippen LogP contribution is -2.33. The van der Waals surface area contributed by atoms with Gasteiger partial charge in [0.05, 0.1) is 11.2 Å². The van der Waals surface area contributed by atoms with Crippen LogP contribution in [0.2, 0.25) is 0 Å². The van der Waals surface area contributed by atoms with Crippen molar-refractivity contribution in [2.24, 2.45) is 11.7 Å². The molecule has 1 aliphatic rings. The summed E-state index contributed by atoms with van der Waals surface area (Å²) in [6.45, 7) is 8.83. The molecule has 1 heterocycles. The van der Waals surface area contributed by atoms with Crippen LogP contribution < -0.4 is 5.73 Å². The van der Waals surface area contributed by atoms with Crippen LogP contribution in [0.25, 0.3) is 0 Å². The van der Waals surface area contributed by atoms with E-state index in [4.69, 9.17) is 10.5 Å². The third-order valence-corrected chi connectivity index (χ3v) is 3.34. The number of nitrogens with two attached hydrogens (primary N) is 1. The molecule has 0 aromatic rings. The fraction of sp³-hybridized carbons (Fsp3) is 0.923. The highest BCUT2D eigenvalue weighted by molar-refractivity contribution is 5.82. The normalized spacial score (nSPS) is 26.9. The minimum Gasteiger partial charge on any atom is -0.369 e. The molecule has 0 saturated carbocycles. The van der Waals surface area contributed by atoms with E-state index in [9.17, 15) is 4.79 Å². The fourth-order valence-electron chi connectivity index (χ4n) is 2.68. The fourth-order valence-corrected chi connectivity index (χ4v) is 2.68. The average molecular weight is 227 g/mol. The Bertz CT molecular complexity index is 259. The Morgan fingerprint density at radius 1 is 1.31 bits per heavy atom. The highest BCUT2D eigenvalue weighted by Gasteiger charge is 2.48. The van der Waals surface area contributed by atoms with E-state index in [1.165, 1.54) is 0 Å². The van der Waals surface area contributed by atoms with Crippen LogP contribution in [0.4, 0.5) is 0 Å². The monoisotopic (exact) mass is 227 g/mol. The van der Waals surface area contributed by atoms with Crippen LogP contribution in [0.1, 0.15) is 53.4 Å². The van der Waals surface area contributed by atoms with Gasteiger partial charge >= 0.3 is 0 Å². The van der Waals surface area contributed by atoms with Crippen LogP contribution in [-0.2, 0) is 9.53 Å². The predicted octanol–water partition coefficient (Wildman–Crippen LogP) is 2.28. The van der Waals surface area contributed by atoms with Gasteiger partial charge in [-0.05, 0) is 53.5 Å². The van der Waals surface area contributed by atoms with Gasteiger partial charge in [0.15, 0.2) is 0 Å². The minimum atomic E-state index is -0.316. The first-order valence-electron chi connectivity index (χ1n) is 6.21. The highest BCUT2D eigenvalue weighted by atomic mass is 16.5. The zero-order valence-corrected chi connectivity index (χ0v) is 11.0. The summed E-state index contributed by atoms with van der Waals surface area (Å²) in [6, 6.07) is 0. The third-order valence-electron chi connectivity index (χ3n) is 3.34. The zero-order chi connectivity index (χ0) is 12.4. The molecular formula is C13H25NO2. The molecule has 1 saturated heterocycles. The first-order valence-corrected chi connectivity index (χ1v) is 6.21. The van der Waals surface area contributed by atoms with Gasteiger partial charge in [-0.1, -0.05) is 0 Å². The van der Waals surface area contributed by atoms with E-state index in [1.54, 1.807) is 0 Å². The first-order chi connectivity index (χ1) is 7.28. The Kier molecular flexibility index (Phi) is 4.13. The number of unbranched alkanes of at least 4 members (excludes halogenated alkanes) is 1. The van der Waals surface area contributed by atoms with Gasteiger partial charge in [0.2, 0.25) is 0 Å². The molecule has 0 aromatic carbocycles. The molecule has 0 bridgehead atoms. The van der Waals surface area contributed by atoms with E-state index in [-0.39, 0.29) is 17.1 Å². The summed E-state index contributed by atoms with van der Waals surface area (Å²) in [7, 11) is 0. The van der Waals surface area contributed by atoms with Crippen molar-refractivity contribution in [2.45, 2.75) is 64.6 Å². The molecule has 94 valence electrons.